The lowest BCUT2D eigenvalue weighted by Crippen LogP contribution is -2.40. The number of halogens is 1. The molecule has 0 aromatic carbocycles. The molecule has 3 heterocycles. The standard InChI is InChI=1S/C16H19FN6O3S/c1-10-13(6-23(22-10)16(2,3)18-4)20-15-19-5-12(17)14(21-15)26-7-11-8-27(24,25)9-11/h5-6,11H,7-9H2,1-3H3,(H,19,20,21). The molecule has 9 nitrogen and oxygen atoms in total. The quantitative estimate of drug-likeness (QED) is 0.746. The summed E-state index contributed by atoms with van der Waals surface area (Å²) in [6, 6.07) is 0. The zero-order chi connectivity index (χ0) is 19.8. The number of nitrogens with zero attached hydrogens (tertiary/aromatic N) is 5. The number of nitrogens with one attached hydrogen (secondary N) is 1. The van der Waals surface area contributed by atoms with E-state index >= 15 is 0 Å². The van der Waals surface area contributed by atoms with Gasteiger partial charge in [0.25, 0.3) is 5.88 Å². The van der Waals surface area contributed by atoms with E-state index in [-0.39, 0.29) is 35.9 Å². The highest BCUT2D eigenvalue weighted by atomic mass is 32.2. The van der Waals surface area contributed by atoms with Crippen LogP contribution in [0.5, 0.6) is 5.88 Å². The Kier molecular flexibility index (Phi) is 4.77. The van der Waals surface area contributed by atoms with Crippen LogP contribution in [-0.4, -0.2) is 46.3 Å². The van der Waals surface area contributed by atoms with Crippen molar-refractivity contribution in [3.05, 3.63) is 35.3 Å². The molecular weight excluding hydrogens is 375 g/mol. The molecule has 0 aliphatic carbocycles. The van der Waals surface area contributed by atoms with Gasteiger partial charge < -0.3 is 10.1 Å². The van der Waals surface area contributed by atoms with E-state index in [2.05, 4.69) is 25.2 Å². The molecule has 1 fully saturated rings. The number of aryl methyl sites for hydroxylation is 1. The van der Waals surface area contributed by atoms with Gasteiger partial charge in [-0.25, -0.2) is 20.0 Å². The van der Waals surface area contributed by atoms with Gasteiger partial charge in [0, 0.05) is 19.8 Å². The molecule has 0 spiro atoms. The van der Waals surface area contributed by atoms with Crippen molar-refractivity contribution in [1.29, 1.82) is 0 Å². The van der Waals surface area contributed by atoms with Gasteiger partial charge in [-0.2, -0.15) is 19.2 Å². The normalized spacial score (nSPS) is 16.4. The summed E-state index contributed by atoms with van der Waals surface area (Å²) in [5, 5.41) is 7.24. The summed E-state index contributed by atoms with van der Waals surface area (Å²) in [6.45, 7) is 12.5. The summed E-state index contributed by atoms with van der Waals surface area (Å²) in [4.78, 5) is 11.4. The fraction of sp³-hybridized carbons (Fsp3) is 0.500. The van der Waals surface area contributed by atoms with Gasteiger partial charge in [-0.05, 0) is 6.92 Å². The monoisotopic (exact) mass is 394 g/mol. The Balaban J connectivity index is 1.72. The number of aromatic nitrogens is 4. The van der Waals surface area contributed by atoms with Crippen LogP contribution in [0.1, 0.15) is 19.5 Å². The highest BCUT2D eigenvalue weighted by Crippen LogP contribution is 2.25. The first-order valence-corrected chi connectivity index (χ1v) is 10.00. The summed E-state index contributed by atoms with van der Waals surface area (Å²) in [6.07, 6.45) is 2.63. The average Bonchev–Trinajstić information content (AvgIpc) is 2.95. The summed E-state index contributed by atoms with van der Waals surface area (Å²) in [7, 11) is -2.96. The predicted molar refractivity (Wildman–Crippen MR) is 95.8 cm³/mol. The number of hydrogen-bond donors (Lipinski definition) is 1. The van der Waals surface area contributed by atoms with Gasteiger partial charge >= 0.3 is 5.66 Å². The molecule has 1 saturated heterocycles. The zero-order valence-corrected chi connectivity index (χ0v) is 15.9. The molecule has 3 rings (SSSR count). The number of hydrogen-bond acceptors (Lipinski definition) is 7. The fourth-order valence-electron chi connectivity index (χ4n) is 2.51. The lowest BCUT2D eigenvalue weighted by Gasteiger charge is -2.25. The van der Waals surface area contributed by atoms with Crippen molar-refractivity contribution in [2.75, 3.05) is 23.4 Å². The molecule has 144 valence electrons. The molecule has 2 aromatic rings. The zero-order valence-electron chi connectivity index (χ0n) is 15.1. The minimum atomic E-state index is -2.96. The van der Waals surface area contributed by atoms with Crippen LogP contribution in [0.4, 0.5) is 16.0 Å². The van der Waals surface area contributed by atoms with Crippen molar-refractivity contribution in [2.24, 2.45) is 5.92 Å². The van der Waals surface area contributed by atoms with Crippen LogP contribution in [0.2, 0.25) is 0 Å². The summed E-state index contributed by atoms with van der Waals surface area (Å²) in [5.41, 5.74) is 0.363. The van der Waals surface area contributed by atoms with Crippen LogP contribution in [0.3, 0.4) is 0 Å². The minimum Gasteiger partial charge on any atom is -0.475 e. The second-order valence-electron chi connectivity index (χ2n) is 6.90. The van der Waals surface area contributed by atoms with Crippen LogP contribution in [0.25, 0.3) is 4.85 Å². The average molecular weight is 394 g/mol. The van der Waals surface area contributed by atoms with Gasteiger partial charge in [-0.1, -0.05) is 0 Å². The minimum absolute atomic E-state index is 0.0417. The maximum atomic E-state index is 13.9. The van der Waals surface area contributed by atoms with Gasteiger partial charge in [-0.3, -0.25) is 4.85 Å². The molecule has 0 bridgehead atoms. The van der Waals surface area contributed by atoms with Crippen molar-refractivity contribution in [3.8, 4) is 5.88 Å². The SMILES string of the molecule is [C-]#[N+]C(C)(C)n1cc(Nc2ncc(F)c(OCC3CS(=O)(=O)C3)n2)c(C)n1. The summed E-state index contributed by atoms with van der Waals surface area (Å²) < 4.78 is 43.1. The van der Waals surface area contributed by atoms with Gasteiger partial charge in [0.05, 0.1) is 41.9 Å². The number of rotatable bonds is 6. The van der Waals surface area contributed by atoms with Gasteiger partial charge in [0.2, 0.25) is 11.8 Å². The van der Waals surface area contributed by atoms with Crippen molar-refractivity contribution < 1.29 is 17.5 Å². The Hall–Kier alpha value is -2.74. The van der Waals surface area contributed by atoms with E-state index in [1.807, 2.05) is 0 Å². The largest absolute Gasteiger partial charge is 0.475 e. The molecular formula is C16H19FN6O3S. The highest BCUT2D eigenvalue weighted by Gasteiger charge is 2.34. The van der Waals surface area contributed by atoms with E-state index in [1.54, 1.807) is 27.0 Å². The lowest BCUT2D eigenvalue weighted by molar-refractivity contribution is 0.242. The molecule has 1 aliphatic heterocycles. The molecule has 1 N–H and O–H groups in total. The number of ether oxygens (including phenoxy) is 1. The lowest BCUT2D eigenvalue weighted by atomic mass is 10.2. The van der Waals surface area contributed by atoms with Crippen LogP contribution >= 0.6 is 0 Å². The van der Waals surface area contributed by atoms with E-state index in [0.29, 0.717) is 11.4 Å². The summed E-state index contributed by atoms with van der Waals surface area (Å²) in [5.74, 6) is -0.944. The number of sulfone groups is 1. The molecule has 0 amide bonds. The maximum Gasteiger partial charge on any atom is 0.319 e. The third-order valence-electron chi connectivity index (χ3n) is 4.13. The van der Waals surface area contributed by atoms with Crippen LogP contribution in [0, 0.1) is 25.2 Å². The van der Waals surface area contributed by atoms with Crippen molar-refractivity contribution >= 4 is 21.5 Å². The Labute approximate surface area is 156 Å². The predicted octanol–water partition coefficient (Wildman–Crippen LogP) is 1.90. The first kappa shape index (κ1) is 19.0. The van der Waals surface area contributed by atoms with Crippen molar-refractivity contribution in [3.63, 3.8) is 0 Å². The van der Waals surface area contributed by atoms with E-state index in [1.165, 1.54) is 4.68 Å². The molecule has 0 saturated carbocycles. The van der Waals surface area contributed by atoms with E-state index < -0.39 is 21.3 Å². The van der Waals surface area contributed by atoms with Crippen LogP contribution in [0.15, 0.2) is 12.4 Å². The Morgan fingerprint density at radius 1 is 1.48 bits per heavy atom. The molecule has 0 unspecified atom stereocenters. The first-order chi connectivity index (χ1) is 12.6. The second kappa shape index (κ2) is 6.77. The second-order valence-corrected chi connectivity index (χ2v) is 9.06. The van der Waals surface area contributed by atoms with Crippen molar-refractivity contribution in [1.82, 2.24) is 19.7 Å². The maximum absolute atomic E-state index is 13.9. The van der Waals surface area contributed by atoms with Crippen molar-refractivity contribution in [2.45, 2.75) is 26.4 Å². The van der Waals surface area contributed by atoms with Gasteiger partial charge in [-0.15, -0.1) is 0 Å². The molecule has 27 heavy (non-hydrogen) atoms. The summed E-state index contributed by atoms with van der Waals surface area (Å²) >= 11 is 0. The third kappa shape index (κ3) is 4.16. The fourth-order valence-corrected chi connectivity index (χ4v) is 4.04. The Morgan fingerprint density at radius 3 is 2.81 bits per heavy atom. The molecule has 2 aromatic heterocycles. The molecule has 11 heteroatoms. The molecule has 0 radical (unpaired) electrons. The van der Waals surface area contributed by atoms with Gasteiger partial charge in [0.1, 0.15) is 0 Å². The topological polar surface area (TPSA) is 103 Å². The van der Waals surface area contributed by atoms with Crippen LogP contribution in [-0.2, 0) is 15.5 Å². The molecule has 0 atom stereocenters. The molecule has 1 aliphatic rings. The van der Waals surface area contributed by atoms with Gasteiger partial charge in [0.15, 0.2) is 9.84 Å². The van der Waals surface area contributed by atoms with Crippen LogP contribution < -0.4 is 10.1 Å². The highest BCUT2D eigenvalue weighted by molar-refractivity contribution is 7.92. The Morgan fingerprint density at radius 2 is 2.19 bits per heavy atom. The van der Waals surface area contributed by atoms with E-state index in [0.717, 1.165) is 6.20 Å². The Bertz CT molecular complexity index is 1000. The van der Waals surface area contributed by atoms with E-state index in [4.69, 9.17) is 11.3 Å². The third-order valence-corrected chi connectivity index (χ3v) is 6.09. The van der Waals surface area contributed by atoms with E-state index in [9.17, 15) is 12.8 Å². The first-order valence-electron chi connectivity index (χ1n) is 8.18. The number of anilines is 2. The smallest absolute Gasteiger partial charge is 0.319 e.